The predicted molar refractivity (Wildman–Crippen MR) is 110 cm³/mol. The molecule has 0 spiro atoms. The normalized spacial score (nSPS) is 17.3. The summed E-state index contributed by atoms with van der Waals surface area (Å²) in [7, 11) is 0. The number of likely N-dealkylation sites (tertiary alicyclic amines) is 1. The Morgan fingerprint density at radius 2 is 1.68 bits per heavy atom. The average molecular weight is 403 g/mol. The third-order valence-corrected chi connectivity index (χ3v) is 5.65. The number of halogens is 2. The summed E-state index contributed by atoms with van der Waals surface area (Å²) in [5, 5.41) is 0. The molecule has 0 aromatic heterocycles. The van der Waals surface area contributed by atoms with E-state index in [1.54, 1.807) is 12.1 Å². The number of benzene rings is 2. The number of Topliss-reactive ketones (excluding diaryl/α,β-unsaturated/α-hetero) is 1. The maximum absolute atomic E-state index is 13.0. The van der Waals surface area contributed by atoms with Crippen LogP contribution in [-0.4, -0.2) is 42.8 Å². The van der Waals surface area contributed by atoms with Crippen molar-refractivity contribution < 1.29 is 14.0 Å². The van der Waals surface area contributed by atoms with Crippen LogP contribution in [0, 0.1) is 11.7 Å². The van der Waals surface area contributed by atoms with Crippen molar-refractivity contribution in [3.63, 3.8) is 0 Å². The van der Waals surface area contributed by atoms with Crippen LogP contribution in [0.2, 0.25) is 0 Å². The van der Waals surface area contributed by atoms with E-state index >= 15 is 0 Å². The quantitative estimate of drug-likeness (QED) is 0.715. The van der Waals surface area contributed by atoms with Crippen LogP contribution < -0.4 is 4.90 Å². The van der Waals surface area contributed by atoms with E-state index in [-0.39, 0.29) is 35.8 Å². The minimum absolute atomic E-state index is 0. The smallest absolute Gasteiger partial charge is 0.231 e. The number of piperidine rings is 1. The minimum Gasteiger partial charge on any atom is -0.311 e. The Balaban J connectivity index is 0.00000225. The molecule has 1 saturated heterocycles. The van der Waals surface area contributed by atoms with Gasteiger partial charge in [-0.15, -0.1) is 12.4 Å². The Morgan fingerprint density at radius 3 is 2.39 bits per heavy atom. The van der Waals surface area contributed by atoms with Crippen LogP contribution in [-0.2, 0) is 11.2 Å². The molecule has 0 radical (unpaired) electrons. The second kappa shape index (κ2) is 8.84. The molecule has 148 valence electrons. The molecule has 0 N–H and O–H groups in total. The number of nitrogens with zero attached hydrogens (tertiary/aromatic N) is 2. The molecule has 1 fully saturated rings. The van der Waals surface area contributed by atoms with Gasteiger partial charge in [0.2, 0.25) is 5.91 Å². The van der Waals surface area contributed by atoms with E-state index in [0.717, 1.165) is 43.7 Å². The third kappa shape index (κ3) is 4.26. The highest BCUT2D eigenvalue weighted by Crippen LogP contribution is 2.28. The Bertz CT molecular complexity index is 848. The summed E-state index contributed by atoms with van der Waals surface area (Å²) < 4.78 is 13.0. The lowest BCUT2D eigenvalue weighted by Gasteiger charge is -2.32. The average Bonchev–Trinajstić information content (AvgIpc) is 3.02. The van der Waals surface area contributed by atoms with Gasteiger partial charge < -0.3 is 9.80 Å². The van der Waals surface area contributed by atoms with E-state index in [4.69, 9.17) is 0 Å². The molecular formula is C22H24ClFN2O2. The summed E-state index contributed by atoms with van der Waals surface area (Å²) in [4.78, 5) is 29.0. The van der Waals surface area contributed by atoms with Crippen molar-refractivity contribution in [2.45, 2.75) is 19.3 Å². The number of carbonyl (C=O) groups excluding carboxylic acids is 2. The molecule has 0 saturated carbocycles. The predicted octanol–water partition coefficient (Wildman–Crippen LogP) is 3.73. The maximum atomic E-state index is 13.0. The fourth-order valence-corrected chi connectivity index (χ4v) is 4.07. The van der Waals surface area contributed by atoms with Gasteiger partial charge in [0.15, 0.2) is 5.78 Å². The molecule has 2 aliphatic rings. The zero-order valence-electron chi connectivity index (χ0n) is 15.6. The molecule has 0 unspecified atom stereocenters. The highest BCUT2D eigenvalue weighted by Gasteiger charge is 2.29. The van der Waals surface area contributed by atoms with Crippen molar-refractivity contribution in [3.8, 4) is 0 Å². The summed E-state index contributed by atoms with van der Waals surface area (Å²) in [5.41, 5.74) is 2.73. The van der Waals surface area contributed by atoms with Crippen molar-refractivity contribution in [2.75, 3.05) is 31.1 Å². The first-order valence-corrected chi connectivity index (χ1v) is 9.52. The lowest BCUT2D eigenvalue weighted by atomic mass is 9.89. The van der Waals surface area contributed by atoms with Gasteiger partial charge in [0.25, 0.3) is 0 Å². The molecule has 2 aliphatic heterocycles. The first-order chi connectivity index (χ1) is 13.1. The van der Waals surface area contributed by atoms with Gasteiger partial charge in [-0.05, 0) is 61.8 Å². The Hall–Kier alpha value is -2.24. The lowest BCUT2D eigenvalue weighted by Crippen LogP contribution is -2.41. The topological polar surface area (TPSA) is 40.6 Å². The summed E-state index contributed by atoms with van der Waals surface area (Å²) in [6, 6.07) is 13.8. The molecule has 28 heavy (non-hydrogen) atoms. The molecule has 4 rings (SSSR count). The van der Waals surface area contributed by atoms with Crippen molar-refractivity contribution in [1.82, 2.24) is 4.90 Å². The minimum atomic E-state index is -0.320. The van der Waals surface area contributed by atoms with E-state index in [0.29, 0.717) is 18.5 Å². The van der Waals surface area contributed by atoms with E-state index in [1.165, 1.54) is 12.1 Å². The fourth-order valence-electron chi connectivity index (χ4n) is 4.07. The second-order valence-electron chi connectivity index (χ2n) is 7.34. The molecule has 6 heteroatoms. The van der Waals surface area contributed by atoms with Crippen LogP contribution >= 0.6 is 12.4 Å². The van der Waals surface area contributed by atoms with Gasteiger partial charge in [0.05, 0.1) is 6.42 Å². The number of hydrogen-bond donors (Lipinski definition) is 0. The molecular weight excluding hydrogens is 379 g/mol. The van der Waals surface area contributed by atoms with Gasteiger partial charge in [0, 0.05) is 30.3 Å². The number of fused-ring (bicyclic) bond motifs is 1. The molecule has 2 aromatic rings. The Morgan fingerprint density at radius 1 is 1.00 bits per heavy atom. The second-order valence-corrected chi connectivity index (χ2v) is 7.34. The molecule has 0 aliphatic carbocycles. The molecule has 1 amide bonds. The molecule has 2 heterocycles. The monoisotopic (exact) mass is 402 g/mol. The fraction of sp³-hybridized carbons (Fsp3) is 0.364. The largest absolute Gasteiger partial charge is 0.311 e. The number of hydrogen-bond acceptors (Lipinski definition) is 3. The van der Waals surface area contributed by atoms with Gasteiger partial charge in [-0.25, -0.2) is 4.39 Å². The van der Waals surface area contributed by atoms with E-state index in [2.05, 4.69) is 4.90 Å². The van der Waals surface area contributed by atoms with Gasteiger partial charge in [-0.1, -0.05) is 18.2 Å². The standard InChI is InChI=1S/C22H23FN2O2.ClH/c23-19-7-5-16(6-8-19)22(27)17-9-11-24(12-10-17)13-14-25-20-4-2-1-3-18(20)15-21(25)26;/h1-8,17H,9-15H2;1H. The van der Waals surface area contributed by atoms with Crippen LogP contribution in [0.4, 0.5) is 10.1 Å². The summed E-state index contributed by atoms with van der Waals surface area (Å²) in [6.07, 6.45) is 2.10. The van der Waals surface area contributed by atoms with Gasteiger partial charge in [-0.3, -0.25) is 9.59 Å². The number of amides is 1. The van der Waals surface area contributed by atoms with Crippen molar-refractivity contribution in [3.05, 3.63) is 65.5 Å². The highest BCUT2D eigenvalue weighted by molar-refractivity contribution is 6.01. The maximum Gasteiger partial charge on any atom is 0.231 e. The Kier molecular flexibility index (Phi) is 6.47. The number of ketones is 1. The van der Waals surface area contributed by atoms with Gasteiger partial charge in [-0.2, -0.15) is 0 Å². The molecule has 0 atom stereocenters. The number of anilines is 1. The van der Waals surface area contributed by atoms with Crippen molar-refractivity contribution in [1.29, 1.82) is 0 Å². The molecule has 0 bridgehead atoms. The zero-order valence-corrected chi connectivity index (χ0v) is 16.5. The summed E-state index contributed by atoms with van der Waals surface area (Å²) >= 11 is 0. The van der Waals surface area contributed by atoms with Crippen LogP contribution in [0.15, 0.2) is 48.5 Å². The summed E-state index contributed by atoms with van der Waals surface area (Å²) in [6.45, 7) is 3.20. The third-order valence-electron chi connectivity index (χ3n) is 5.65. The van der Waals surface area contributed by atoms with E-state index in [9.17, 15) is 14.0 Å². The first kappa shape index (κ1) is 20.5. The van der Waals surface area contributed by atoms with Crippen LogP contribution in [0.1, 0.15) is 28.8 Å². The van der Waals surface area contributed by atoms with E-state index < -0.39 is 0 Å². The van der Waals surface area contributed by atoms with Crippen molar-refractivity contribution in [2.24, 2.45) is 5.92 Å². The van der Waals surface area contributed by atoms with Crippen LogP contribution in [0.3, 0.4) is 0 Å². The number of carbonyl (C=O) groups is 2. The van der Waals surface area contributed by atoms with E-state index in [1.807, 2.05) is 29.2 Å². The zero-order chi connectivity index (χ0) is 18.8. The summed E-state index contributed by atoms with van der Waals surface area (Å²) in [5.74, 6) is -0.0452. The van der Waals surface area contributed by atoms with Gasteiger partial charge >= 0.3 is 0 Å². The van der Waals surface area contributed by atoms with Gasteiger partial charge in [0.1, 0.15) is 5.82 Å². The lowest BCUT2D eigenvalue weighted by molar-refractivity contribution is -0.117. The van der Waals surface area contributed by atoms with Crippen LogP contribution in [0.25, 0.3) is 0 Å². The Labute approximate surface area is 170 Å². The SMILES string of the molecule is Cl.O=C(c1ccc(F)cc1)C1CCN(CCN2C(=O)Cc3ccccc32)CC1. The highest BCUT2D eigenvalue weighted by atomic mass is 35.5. The number of rotatable bonds is 5. The van der Waals surface area contributed by atoms with Crippen LogP contribution in [0.5, 0.6) is 0 Å². The first-order valence-electron chi connectivity index (χ1n) is 9.52. The molecule has 2 aromatic carbocycles. The molecule has 4 nitrogen and oxygen atoms in total. The van der Waals surface area contributed by atoms with Crippen molar-refractivity contribution >= 4 is 29.8 Å². The number of para-hydroxylation sites is 1.